The van der Waals surface area contributed by atoms with Crippen LogP contribution in [0.1, 0.15) is 26.7 Å². The van der Waals surface area contributed by atoms with Gasteiger partial charge in [0, 0.05) is 12.6 Å². The number of rotatable bonds is 6. The van der Waals surface area contributed by atoms with Crippen LogP contribution in [-0.2, 0) is 4.79 Å². The standard InChI is InChI=1S/C13H28N4O/c1-5-15-13(2,12(14)18)10-17(4)11-6-8-16(3)9-7-11/h11,15H,5-10H2,1-4H3,(H2,14,18). The van der Waals surface area contributed by atoms with Crippen LogP contribution in [0.5, 0.6) is 0 Å². The molecule has 0 saturated carbocycles. The van der Waals surface area contributed by atoms with Crippen molar-refractivity contribution in [3.63, 3.8) is 0 Å². The molecule has 1 unspecified atom stereocenters. The molecule has 106 valence electrons. The molecule has 1 amide bonds. The fraction of sp³-hybridized carbons (Fsp3) is 0.923. The van der Waals surface area contributed by atoms with Gasteiger partial charge in [-0.25, -0.2) is 0 Å². The lowest BCUT2D eigenvalue weighted by Gasteiger charge is -2.39. The first-order chi connectivity index (χ1) is 8.39. The number of nitrogens with zero attached hydrogens (tertiary/aromatic N) is 2. The summed E-state index contributed by atoms with van der Waals surface area (Å²) < 4.78 is 0. The molecule has 0 aliphatic carbocycles. The number of amides is 1. The van der Waals surface area contributed by atoms with Crippen LogP contribution < -0.4 is 11.1 Å². The lowest BCUT2D eigenvalue weighted by Crippen LogP contribution is -2.60. The second kappa shape index (κ2) is 6.50. The number of hydrogen-bond acceptors (Lipinski definition) is 4. The Morgan fingerprint density at radius 3 is 2.50 bits per heavy atom. The number of likely N-dealkylation sites (N-methyl/N-ethyl adjacent to an activating group) is 2. The van der Waals surface area contributed by atoms with Crippen LogP contribution in [0.25, 0.3) is 0 Å². The zero-order valence-corrected chi connectivity index (χ0v) is 12.2. The Bertz CT molecular complexity index is 276. The average Bonchev–Trinajstić information content (AvgIpc) is 2.29. The van der Waals surface area contributed by atoms with Crippen molar-refractivity contribution in [3.05, 3.63) is 0 Å². The molecule has 1 aliphatic rings. The van der Waals surface area contributed by atoms with E-state index >= 15 is 0 Å². The number of carbonyl (C=O) groups is 1. The number of nitrogens with one attached hydrogen (secondary N) is 1. The van der Waals surface area contributed by atoms with Crippen molar-refractivity contribution in [1.29, 1.82) is 0 Å². The Morgan fingerprint density at radius 1 is 1.50 bits per heavy atom. The Kier molecular flexibility index (Phi) is 5.56. The highest BCUT2D eigenvalue weighted by Crippen LogP contribution is 2.16. The van der Waals surface area contributed by atoms with Crippen molar-refractivity contribution >= 4 is 5.91 Å². The first-order valence-electron chi connectivity index (χ1n) is 6.82. The third kappa shape index (κ3) is 3.93. The molecule has 0 bridgehead atoms. The SMILES string of the molecule is CCNC(C)(CN(C)C1CCN(C)CC1)C(N)=O. The number of piperidine rings is 1. The van der Waals surface area contributed by atoms with Gasteiger partial charge in [-0.05, 0) is 53.5 Å². The third-order valence-corrected chi connectivity index (χ3v) is 3.99. The molecule has 0 aromatic carbocycles. The summed E-state index contributed by atoms with van der Waals surface area (Å²) in [6, 6.07) is 0.554. The summed E-state index contributed by atoms with van der Waals surface area (Å²) in [7, 11) is 4.25. The summed E-state index contributed by atoms with van der Waals surface area (Å²) in [6.07, 6.45) is 2.32. The minimum absolute atomic E-state index is 0.274. The molecule has 1 fully saturated rings. The van der Waals surface area contributed by atoms with Crippen LogP contribution in [0.2, 0.25) is 0 Å². The molecule has 1 heterocycles. The van der Waals surface area contributed by atoms with E-state index in [1.165, 1.54) is 0 Å². The van der Waals surface area contributed by atoms with E-state index in [-0.39, 0.29) is 5.91 Å². The van der Waals surface area contributed by atoms with Gasteiger partial charge in [0.15, 0.2) is 0 Å². The van der Waals surface area contributed by atoms with Crippen molar-refractivity contribution in [3.8, 4) is 0 Å². The van der Waals surface area contributed by atoms with Gasteiger partial charge in [0.05, 0.1) is 0 Å². The number of carbonyl (C=O) groups excluding carboxylic acids is 1. The van der Waals surface area contributed by atoms with Crippen molar-refractivity contribution in [2.75, 3.05) is 40.3 Å². The summed E-state index contributed by atoms with van der Waals surface area (Å²) in [5.41, 5.74) is 4.89. The second-order valence-electron chi connectivity index (χ2n) is 5.68. The second-order valence-corrected chi connectivity index (χ2v) is 5.68. The van der Waals surface area contributed by atoms with E-state index in [0.717, 1.165) is 32.5 Å². The van der Waals surface area contributed by atoms with Crippen molar-refractivity contribution in [2.45, 2.75) is 38.3 Å². The van der Waals surface area contributed by atoms with Crippen LogP contribution >= 0.6 is 0 Å². The maximum absolute atomic E-state index is 11.6. The number of hydrogen-bond donors (Lipinski definition) is 2. The first-order valence-corrected chi connectivity index (χ1v) is 6.82. The molecule has 1 atom stereocenters. The van der Waals surface area contributed by atoms with Crippen molar-refractivity contribution in [1.82, 2.24) is 15.1 Å². The van der Waals surface area contributed by atoms with E-state index in [1.54, 1.807) is 0 Å². The van der Waals surface area contributed by atoms with Crippen LogP contribution in [0.3, 0.4) is 0 Å². The first kappa shape index (κ1) is 15.4. The highest BCUT2D eigenvalue weighted by molar-refractivity contribution is 5.84. The Hall–Kier alpha value is -0.650. The van der Waals surface area contributed by atoms with Crippen LogP contribution in [0, 0.1) is 0 Å². The fourth-order valence-corrected chi connectivity index (χ4v) is 2.67. The van der Waals surface area contributed by atoms with Gasteiger partial charge in [0.25, 0.3) is 0 Å². The highest BCUT2D eigenvalue weighted by Gasteiger charge is 2.33. The maximum atomic E-state index is 11.6. The molecule has 5 nitrogen and oxygen atoms in total. The molecule has 18 heavy (non-hydrogen) atoms. The lowest BCUT2D eigenvalue weighted by molar-refractivity contribution is -0.124. The van der Waals surface area contributed by atoms with Crippen LogP contribution in [0.15, 0.2) is 0 Å². The fourth-order valence-electron chi connectivity index (χ4n) is 2.67. The molecule has 5 heteroatoms. The van der Waals surface area contributed by atoms with Crippen LogP contribution in [-0.4, -0.2) is 67.6 Å². The van der Waals surface area contributed by atoms with E-state index in [9.17, 15) is 4.79 Å². The molecular weight excluding hydrogens is 228 g/mol. The molecular formula is C13H28N4O. The van der Waals surface area contributed by atoms with Gasteiger partial charge < -0.3 is 20.9 Å². The molecule has 0 radical (unpaired) electrons. The molecule has 1 aliphatic heterocycles. The quantitative estimate of drug-likeness (QED) is 0.695. The average molecular weight is 256 g/mol. The highest BCUT2D eigenvalue weighted by atomic mass is 16.1. The zero-order chi connectivity index (χ0) is 13.8. The van der Waals surface area contributed by atoms with Gasteiger partial charge in [0.2, 0.25) is 5.91 Å². The summed E-state index contributed by atoms with van der Waals surface area (Å²) in [5.74, 6) is -0.274. The summed E-state index contributed by atoms with van der Waals surface area (Å²) in [5, 5.41) is 3.21. The van der Waals surface area contributed by atoms with Crippen molar-refractivity contribution in [2.24, 2.45) is 5.73 Å². The summed E-state index contributed by atoms with van der Waals surface area (Å²) in [6.45, 7) is 7.57. The van der Waals surface area contributed by atoms with E-state index in [4.69, 9.17) is 5.73 Å². The Balaban J connectivity index is 2.56. The van der Waals surface area contributed by atoms with E-state index in [2.05, 4.69) is 29.2 Å². The number of likely N-dealkylation sites (tertiary alicyclic amines) is 1. The Morgan fingerprint density at radius 2 is 2.06 bits per heavy atom. The maximum Gasteiger partial charge on any atom is 0.238 e. The minimum atomic E-state index is -0.632. The van der Waals surface area contributed by atoms with Gasteiger partial charge in [0.1, 0.15) is 5.54 Å². The Labute approximate surface area is 111 Å². The number of nitrogens with two attached hydrogens (primary N) is 1. The van der Waals surface area contributed by atoms with Gasteiger partial charge in [-0.3, -0.25) is 4.79 Å². The molecule has 1 saturated heterocycles. The topological polar surface area (TPSA) is 61.6 Å². The van der Waals surface area contributed by atoms with Crippen molar-refractivity contribution < 1.29 is 4.79 Å². The van der Waals surface area contributed by atoms with E-state index in [1.807, 2.05) is 13.8 Å². The number of primary amides is 1. The van der Waals surface area contributed by atoms with Gasteiger partial charge in [-0.1, -0.05) is 6.92 Å². The third-order valence-electron chi connectivity index (χ3n) is 3.99. The molecule has 3 N–H and O–H groups in total. The predicted molar refractivity (Wildman–Crippen MR) is 74.4 cm³/mol. The van der Waals surface area contributed by atoms with E-state index < -0.39 is 5.54 Å². The van der Waals surface area contributed by atoms with Gasteiger partial charge >= 0.3 is 0 Å². The predicted octanol–water partition coefficient (Wildman–Crippen LogP) is -0.134. The minimum Gasteiger partial charge on any atom is -0.368 e. The zero-order valence-electron chi connectivity index (χ0n) is 12.2. The van der Waals surface area contributed by atoms with Crippen LogP contribution in [0.4, 0.5) is 0 Å². The largest absolute Gasteiger partial charge is 0.368 e. The van der Waals surface area contributed by atoms with Gasteiger partial charge in [-0.15, -0.1) is 0 Å². The summed E-state index contributed by atoms with van der Waals surface area (Å²) in [4.78, 5) is 16.2. The molecule has 1 rings (SSSR count). The smallest absolute Gasteiger partial charge is 0.238 e. The molecule has 0 aromatic heterocycles. The van der Waals surface area contributed by atoms with E-state index in [0.29, 0.717) is 12.6 Å². The summed E-state index contributed by atoms with van der Waals surface area (Å²) >= 11 is 0. The monoisotopic (exact) mass is 256 g/mol. The molecule has 0 aromatic rings. The normalized spacial score (nSPS) is 22.1. The lowest BCUT2D eigenvalue weighted by atomic mass is 9.97. The van der Waals surface area contributed by atoms with Gasteiger partial charge in [-0.2, -0.15) is 0 Å². The molecule has 0 spiro atoms.